The predicted octanol–water partition coefficient (Wildman–Crippen LogP) is 3.41. The maximum Gasteiger partial charge on any atom is 0.137 e. The Morgan fingerprint density at radius 3 is 2.60 bits per heavy atom. The summed E-state index contributed by atoms with van der Waals surface area (Å²) in [6.07, 6.45) is 3.42. The van der Waals surface area contributed by atoms with Crippen LogP contribution in [-0.4, -0.2) is 29.6 Å². The van der Waals surface area contributed by atoms with Crippen LogP contribution in [0.25, 0.3) is 0 Å². The van der Waals surface area contributed by atoms with Crippen molar-refractivity contribution >= 4 is 11.6 Å². The molecule has 2 rings (SSSR count). The average molecular weight is 276 g/mol. The number of hydrogen-bond donors (Lipinski definition) is 1. The van der Waals surface area contributed by atoms with Gasteiger partial charge in [-0.2, -0.15) is 0 Å². The Kier molecular flexibility index (Phi) is 4.51. The van der Waals surface area contributed by atoms with Crippen LogP contribution in [0.1, 0.15) is 51.9 Å². The van der Waals surface area contributed by atoms with Gasteiger partial charge >= 0.3 is 0 Å². The summed E-state index contributed by atoms with van der Waals surface area (Å²) >= 11 is 0. The van der Waals surface area contributed by atoms with Crippen LogP contribution in [-0.2, 0) is 6.42 Å². The maximum atomic E-state index is 4.80. The molecule has 0 saturated carbocycles. The van der Waals surface area contributed by atoms with Crippen LogP contribution in [0, 0.1) is 12.3 Å². The topological polar surface area (TPSA) is 41.1 Å². The predicted molar refractivity (Wildman–Crippen MR) is 85.5 cm³/mol. The Morgan fingerprint density at radius 1 is 1.25 bits per heavy atom. The first kappa shape index (κ1) is 15.1. The van der Waals surface area contributed by atoms with Gasteiger partial charge in [0.2, 0.25) is 0 Å². The minimum absolute atomic E-state index is 0.375. The fourth-order valence-corrected chi connectivity index (χ4v) is 2.96. The minimum Gasteiger partial charge on any atom is -0.370 e. The van der Waals surface area contributed by atoms with Crippen molar-refractivity contribution < 1.29 is 0 Å². The molecule has 4 heteroatoms. The number of nitrogens with zero attached hydrogens (tertiary/aromatic N) is 3. The molecule has 1 aromatic heterocycles. The van der Waals surface area contributed by atoms with Gasteiger partial charge in [0, 0.05) is 31.6 Å². The zero-order valence-electron chi connectivity index (χ0n) is 13.6. The molecular formula is C16H28N4. The molecule has 20 heavy (non-hydrogen) atoms. The van der Waals surface area contributed by atoms with Crippen molar-refractivity contribution in [2.45, 2.75) is 53.9 Å². The number of nitrogens with one attached hydrogen (secondary N) is 1. The lowest BCUT2D eigenvalue weighted by Crippen LogP contribution is -2.41. The molecule has 1 N–H and O–H groups in total. The van der Waals surface area contributed by atoms with E-state index in [9.17, 15) is 0 Å². The van der Waals surface area contributed by atoms with Gasteiger partial charge in [0.15, 0.2) is 0 Å². The Morgan fingerprint density at radius 2 is 2.00 bits per heavy atom. The van der Waals surface area contributed by atoms with E-state index in [0.29, 0.717) is 5.41 Å². The van der Waals surface area contributed by atoms with Crippen LogP contribution in [0.3, 0.4) is 0 Å². The smallest absolute Gasteiger partial charge is 0.137 e. The largest absolute Gasteiger partial charge is 0.370 e. The van der Waals surface area contributed by atoms with Gasteiger partial charge < -0.3 is 10.2 Å². The molecule has 1 aliphatic heterocycles. The van der Waals surface area contributed by atoms with Crippen molar-refractivity contribution in [1.82, 2.24) is 9.97 Å². The molecule has 0 amide bonds. The van der Waals surface area contributed by atoms with E-state index in [2.05, 4.69) is 49.8 Å². The van der Waals surface area contributed by atoms with E-state index in [1.165, 1.54) is 18.4 Å². The number of rotatable bonds is 4. The Labute approximate surface area is 123 Å². The normalized spacial score (nSPS) is 18.1. The fourth-order valence-electron chi connectivity index (χ4n) is 2.96. The Hall–Kier alpha value is -1.32. The van der Waals surface area contributed by atoms with E-state index >= 15 is 0 Å². The number of hydrogen-bond acceptors (Lipinski definition) is 4. The van der Waals surface area contributed by atoms with Gasteiger partial charge in [0.25, 0.3) is 0 Å². The van der Waals surface area contributed by atoms with Crippen molar-refractivity contribution in [2.75, 3.05) is 29.9 Å². The molecule has 0 bridgehead atoms. The first-order valence-corrected chi connectivity index (χ1v) is 7.83. The zero-order valence-corrected chi connectivity index (χ0v) is 13.6. The lowest BCUT2D eigenvalue weighted by molar-refractivity contribution is 0.291. The van der Waals surface area contributed by atoms with E-state index in [4.69, 9.17) is 4.98 Å². The van der Waals surface area contributed by atoms with Gasteiger partial charge in [0.05, 0.1) is 0 Å². The third-order valence-electron chi connectivity index (χ3n) is 4.03. The highest BCUT2D eigenvalue weighted by Crippen LogP contribution is 2.33. The number of aromatic nitrogens is 2. The molecule has 4 nitrogen and oxygen atoms in total. The van der Waals surface area contributed by atoms with Crippen LogP contribution in [0.5, 0.6) is 0 Å². The van der Waals surface area contributed by atoms with Crippen molar-refractivity contribution in [2.24, 2.45) is 5.41 Å². The summed E-state index contributed by atoms with van der Waals surface area (Å²) in [4.78, 5) is 11.9. The van der Waals surface area contributed by atoms with Crippen molar-refractivity contribution in [3.63, 3.8) is 0 Å². The molecule has 0 aliphatic carbocycles. The first-order chi connectivity index (χ1) is 9.46. The van der Waals surface area contributed by atoms with Crippen molar-refractivity contribution in [1.29, 1.82) is 0 Å². The molecule has 1 aromatic rings. The SMILES string of the molecule is CCNc1nc(CC)nc(N2CCCC(C)(C)C2)c1C. The monoisotopic (exact) mass is 276 g/mol. The van der Waals surface area contributed by atoms with Gasteiger partial charge in [-0.15, -0.1) is 0 Å². The van der Waals surface area contributed by atoms with Gasteiger partial charge in [-0.05, 0) is 32.1 Å². The third-order valence-corrected chi connectivity index (χ3v) is 4.03. The number of piperidine rings is 1. The quantitative estimate of drug-likeness (QED) is 0.915. The molecule has 1 fully saturated rings. The molecule has 0 radical (unpaired) electrons. The molecular weight excluding hydrogens is 248 g/mol. The highest BCUT2D eigenvalue weighted by atomic mass is 15.2. The van der Waals surface area contributed by atoms with Gasteiger partial charge in [-0.25, -0.2) is 9.97 Å². The molecule has 1 aliphatic rings. The lowest BCUT2D eigenvalue weighted by atomic mass is 9.84. The van der Waals surface area contributed by atoms with Crippen LogP contribution < -0.4 is 10.2 Å². The average Bonchev–Trinajstić information content (AvgIpc) is 2.40. The molecule has 0 atom stereocenters. The van der Waals surface area contributed by atoms with Crippen molar-refractivity contribution in [3.8, 4) is 0 Å². The summed E-state index contributed by atoms with van der Waals surface area (Å²) in [6, 6.07) is 0. The van der Waals surface area contributed by atoms with E-state index in [1.807, 2.05) is 0 Å². The third kappa shape index (κ3) is 3.22. The van der Waals surface area contributed by atoms with Crippen LogP contribution in [0.2, 0.25) is 0 Å². The summed E-state index contributed by atoms with van der Waals surface area (Å²) in [5.41, 5.74) is 1.56. The number of anilines is 2. The summed E-state index contributed by atoms with van der Waals surface area (Å²) in [5.74, 6) is 3.06. The zero-order chi connectivity index (χ0) is 14.8. The molecule has 1 saturated heterocycles. The highest BCUT2D eigenvalue weighted by molar-refractivity contribution is 5.59. The summed E-state index contributed by atoms with van der Waals surface area (Å²) in [7, 11) is 0. The van der Waals surface area contributed by atoms with E-state index < -0.39 is 0 Å². The first-order valence-electron chi connectivity index (χ1n) is 7.83. The lowest BCUT2D eigenvalue weighted by Gasteiger charge is -2.39. The van der Waals surface area contributed by atoms with Gasteiger partial charge in [0.1, 0.15) is 17.5 Å². The molecule has 0 unspecified atom stereocenters. The van der Waals surface area contributed by atoms with Gasteiger partial charge in [-0.1, -0.05) is 20.8 Å². The summed E-state index contributed by atoms with van der Waals surface area (Å²) < 4.78 is 0. The summed E-state index contributed by atoms with van der Waals surface area (Å²) in [6.45, 7) is 14.1. The maximum absolute atomic E-state index is 4.80. The van der Waals surface area contributed by atoms with Crippen LogP contribution >= 0.6 is 0 Å². The van der Waals surface area contributed by atoms with E-state index in [0.717, 1.165) is 43.5 Å². The second-order valence-electron chi connectivity index (χ2n) is 6.51. The second-order valence-corrected chi connectivity index (χ2v) is 6.51. The van der Waals surface area contributed by atoms with E-state index in [1.54, 1.807) is 0 Å². The minimum atomic E-state index is 0.375. The summed E-state index contributed by atoms with van der Waals surface area (Å²) in [5, 5.41) is 3.37. The van der Waals surface area contributed by atoms with Gasteiger partial charge in [-0.3, -0.25) is 0 Å². The molecule has 0 spiro atoms. The van der Waals surface area contributed by atoms with E-state index in [-0.39, 0.29) is 0 Å². The van der Waals surface area contributed by atoms with Crippen LogP contribution in [0.4, 0.5) is 11.6 Å². The standard InChI is InChI=1S/C16H28N4/c1-6-13-18-14(17-7-2)12(3)15(19-13)20-10-8-9-16(4,5)11-20/h6-11H2,1-5H3,(H,17,18,19). The molecule has 112 valence electrons. The van der Waals surface area contributed by atoms with Crippen LogP contribution in [0.15, 0.2) is 0 Å². The van der Waals surface area contributed by atoms with Crippen molar-refractivity contribution in [3.05, 3.63) is 11.4 Å². The number of aryl methyl sites for hydroxylation is 1. The second kappa shape index (κ2) is 5.98. The fraction of sp³-hybridized carbons (Fsp3) is 0.750. The molecule has 2 heterocycles. The Bertz CT molecular complexity index is 468. The Balaban J connectivity index is 2.36. The highest BCUT2D eigenvalue weighted by Gasteiger charge is 2.28. The molecule has 0 aromatic carbocycles.